The lowest BCUT2D eigenvalue weighted by Crippen LogP contribution is -2.54. The number of methoxy groups -OCH3 is 2. The molecule has 1 aromatic carbocycles. The van der Waals surface area contributed by atoms with Crippen molar-refractivity contribution in [2.75, 3.05) is 32.2 Å². The molecule has 2 N–H and O–H groups in total. The number of rotatable bonds is 10. The van der Waals surface area contributed by atoms with E-state index in [1.807, 2.05) is 6.07 Å². The summed E-state index contributed by atoms with van der Waals surface area (Å²) < 4.78 is 10.8. The van der Waals surface area contributed by atoms with Crippen molar-refractivity contribution in [1.82, 2.24) is 0 Å². The van der Waals surface area contributed by atoms with Crippen LogP contribution in [0.2, 0.25) is 0 Å². The number of ether oxygens (including phenoxy) is 2. The molecular formula is C17H30N2O2. The van der Waals surface area contributed by atoms with E-state index < -0.39 is 0 Å². The number of hydrogen-bond acceptors (Lipinski definition) is 4. The number of hydrogen-bond donors (Lipinski definition) is 1. The van der Waals surface area contributed by atoms with Gasteiger partial charge in [0.1, 0.15) is 0 Å². The van der Waals surface area contributed by atoms with Gasteiger partial charge in [-0.1, -0.05) is 31.5 Å². The smallest absolute Gasteiger partial charge is 0.159 e. The number of unbranched alkanes of at least 4 members (excludes halogenated alkanes) is 1. The van der Waals surface area contributed by atoms with E-state index in [4.69, 9.17) is 15.2 Å². The van der Waals surface area contributed by atoms with Crippen LogP contribution < -0.4 is 10.6 Å². The minimum Gasteiger partial charge on any atom is -0.365 e. The molecule has 0 amide bonds. The van der Waals surface area contributed by atoms with Gasteiger partial charge in [-0.2, -0.15) is 0 Å². The van der Waals surface area contributed by atoms with Crippen LogP contribution in [0.15, 0.2) is 30.3 Å². The number of para-hydroxylation sites is 1. The van der Waals surface area contributed by atoms with Gasteiger partial charge in [0.05, 0.1) is 5.54 Å². The molecule has 0 aliphatic rings. The fourth-order valence-corrected chi connectivity index (χ4v) is 2.56. The number of anilines is 1. The van der Waals surface area contributed by atoms with Gasteiger partial charge in [0.2, 0.25) is 0 Å². The zero-order valence-electron chi connectivity index (χ0n) is 13.8. The predicted molar refractivity (Wildman–Crippen MR) is 88.6 cm³/mol. The first-order chi connectivity index (χ1) is 10.1. The molecule has 1 unspecified atom stereocenters. The summed E-state index contributed by atoms with van der Waals surface area (Å²) in [5.74, 6) is 0. The predicted octanol–water partition coefficient (Wildman–Crippen LogP) is 3.02. The van der Waals surface area contributed by atoms with E-state index >= 15 is 0 Å². The van der Waals surface area contributed by atoms with Crippen LogP contribution in [0.25, 0.3) is 0 Å². The second kappa shape index (κ2) is 9.03. The van der Waals surface area contributed by atoms with Crippen LogP contribution in [0.5, 0.6) is 0 Å². The molecule has 0 spiro atoms. The Balaban J connectivity index is 3.01. The maximum Gasteiger partial charge on any atom is 0.159 e. The van der Waals surface area contributed by atoms with Crippen LogP contribution in [-0.4, -0.2) is 39.1 Å². The highest BCUT2D eigenvalue weighted by atomic mass is 16.7. The monoisotopic (exact) mass is 294 g/mol. The fraction of sp³-hybridized carbons (Fsp3) is 0.647. The van der Waals surface area contributed by atoms with Crippen LogP contribution in [0.3, 0.4) is 0 Å². The summed E-state index contributed by atoms with van der Waals surface area (Å²) in [4.78, 5) is 2.39. The maximum atomic E-state index is 6.12. The molecule has 0 heterocycles. The molecule has 0 bridgehead atoms. The standard InChI is InChI=1S/C17H30N2O2/c1-5-6-12-19(15-10-8-7-9-11-15)17(2,14-18)13-16(20-3)21-4/h7-11,16H,5-6,12-14,18H2,1-4H3. The Morgan fingerprint density at radius 2 is 1.81 bits per heavy atom. The molecule has 0 aliphatic carbocycles. The topological polar surface area (TPSA) is 47.7 Å². The lowest BCUT2D eigenvalue weighted by Gasteiger charge is -2.44. The summed E-state index contributed by atoms with van der Waals surface area (Å²) in [7, 11) is 3.34. The van der Waals surface area contributed by atoms with E-state index in [2.05, 4.69) is 43.0 Å². The minimum atomic E-state index is -0.244. The number of nitrogens with two attached hydrogens (primary N) is 1. The molecule has 120 valence electrons. The largest absolute Gasteiger partial charge is 0.365 e. The zero-order valence-corrected chi connectivity index (χ0v) is 13.8. The quantitative estimate of drug-likeness (QED) is 0.674. The Bertz CT molecular complexity index is 382. The van der Waals surface area contributed by atoms with Gasteiger partial charge in [-0.15, -0.1) is 0 Å². The third kappa shape index (κ3) is 4.99. The van der Waals surface area contributed by atoms with Gasteiger partial charge < -0.3 is 20.1 Å². The summed E-state index contributed by atoms with van der Waals surface area (Å²) in [6, 6.07) is 10.4. The van der Waals surface area contributed by atoms with Crippen molar-refractivity contribution in [3.8, 4) is 0 Å². The molecule has 0 saturated carbocycles. The molecule has 0 fully saturated rings. The van der Waals surface area contributed by atoms with E-state index in [1.165, 1.54) is 5.69 Å². The van der Waals surface area contributed by atoms with E-state index in [1.54, 1.807) is 14.2 Å². The lowest BCUT2D eigenvalue weighted by atomic mass is 9.93. The van der Waals surface area contributed by atoms with Gasteiger partial charge >= 0.3 is 0 Å². The lowest BCUT2D eigenvalue weighted by molar-refractivity contribution is -0.115. The molecule has 0 saturated heterocycles. The average Bonchev–Trinajstić information content (AvgIpc) is 2.54. The Labute approximate surface area is 129 Å². The molecule has 0 aliphatic heterocycles. The van der Waals surface area contributed by atoms with Gasteiger partial charge in [0.25, 0.3) is 0 Å². The van der Waals surface area contributed by atoms with Crippen molar-refractivity contribution in [1.29, 1.82) is 0 Å². The van der Waals surface area contributed by atoms with E-state index in [-0.39, 0.29) is 11.8 Å². The highest BCUT2D eigenvalue weighted by Gasteiger charge is 2.33. The molecule has 1 atom stereocenters. The summed E-state index contributed by atoms with van der Waals surface area (Å²) in [6.07, 6.45) is 2.78. The molecule has 0 radical (unpaired) electrons. The first-order valence-electron chi connectivity index (χ1n) is 7.69. The summed E-state index contributed by atoms with van der Waals surface area (Å²) >= 11 is 0. The normalized spacial score (nSPS) is 14.2. The second-order valence-corrected chi connectivity index (χ2v) is 5.65. The SMILES string of the molecule is CCCCN(c1ccccc1)C(C)(CN)CC(OC)OC. The van der Waals surface area contributed by atoms with Crippen LogP contribution in [-0.2, 0) is 9.47 Å². The van der Waals surface area contributed by atoms with Crippen molar-refractivity contribution in [2.24, 2.45) is 5.73 Å². The first kappa shape index (κ1) is 18.0. The van der Waals surface area contributed by atoms with E-state index in [9.17, 15) is 0 Å². The van der Waals surface area contributed by atoms with Gasteiger partial charge in [0.15, 0.2) is 6.29 Å². The van der Waals surface area contributed by atoms with Crippen LogP contribution in [0.4, 0.5) is 5.69 Å². The Hall–Kier alpha value is -1.10. The number of nitrogens with zero attached hydrogens (tertiary/aromatic N) is 1. The first-order valence-corrected chi connectivity index (χ1v) is 7.69. The molecular weight excluding hydrogens is 264 g/mol. The van der Waals surface area contributed by atoms with E-state index in [0.717, 1.165) is 25.8 Å². The average molecular weight is 294 g/mol. The van der Waals surface area contributed by atoms with Crippen molar-refractivity contribution >= 4 is 5.69 Å². The highest BCUT2D eigenvalue weighted by Crippen LogP contribution is 2.28. The summed E-state index contributed by atoms with van der Waals surface area (Å²) in [5, 5.41) is 0. The van der Waals surface area contributed by atoms with Crippen LogP contribution in [0, 0.1) is 0 Å². The third-order valence-electron chi connectivity index (χ3n) is 4.03. The maximum absolute atomic E-state index is 6.12. The summed E-state index contributed by atoms with van der Waals surface area (Å²) in [5.41, 5.74) is 7.12. The van der Waals surface area contributed by atoms with Gasteiger partial charge in [-0.25, -0.2) is 0 Å². The zero-order chi connectivity index (χ0) is 15.7. The Kier molecular flexibility index (Phi) is 7.72. The van der Waals surface area contributed by atoms with Crippen molar-refractivity contribution in [2.45, 2.75) is 44.9 Å². The molecule has 4 heteroatoms. The molecule has 4 nitrogen and oxygen atoms in total. The fourth-order valence-electron chi connectivity index (χ4n) is 2.56. The van der Waals surface area contributed by atoms with Crippen molar-refractivity contribution in [3.63, 3.8) is 0 Å². The Morgan fingerprint density at radius 1 is 1.19 bits per heavy atom. The molecule has 21 heavy (non-hydrogen) atoms. The molecule has 1 rings (SSSR count). The van der Waals surface area contributed by atoms with Gasteiger partial charge in [0, 0.05) is 39.4 Å². The van der Waals surface area contributed by atoms with E-state index in [0.29, 0.717) is 6.54 Å². The van der Waals surface area contributed by atoms with Crippen LogP contribution in [0.1, 0.15) is 33.1 Å². The van der Waals surface area contributed by atoms with Crippen LogP contribution >= 0.6 is 0 Å². The third-order valence-corrected chi connectivity index (χ3v) is 4.03. The highest BCUT2D eigenvalue weighted by molar-refractivity contribution is 5.49. The summed E-state index contributed by atoms with van der Waals surface area (Å²) in [6.45, 7) is 5.92. The second-order valence-electron chi connectivity index (χ2n) is 5.65. The molecule has 0 aromatic heterocycles. The minimum absolute atomic E-state index is 0.201. The van der Waals surface area contributed by atoms with Gasteiger partial charge in [-0.05, 0) is 25.5 Å². The van der Waals surface area contributed by atoms with Gasteiger partial charge in [-0.3, -0.25) is 0 Å². The molecule has 1 aromatic rings. The van der Waals surface area contributed by atoms with Crippen molar-refractivity contribution in [3.05, 3.63) is 30.3 Å². The van der Waals surface area contributed by atoms with Crippen molar-refractivity contribution < 1.29 is 9.47 Å². The Morgan fingerprint density at radius 3 is 2.29 bits per heavy atom. The number of benzene rings is 1.